The highest BCUT2D eigenvalue weighted by atomic mass is 16.4. The van der Waals surface area contributed by atoms with Crippen LogP contribution in [0.2, 0.25) is 0 Å². The largest absolute Gasteiger partial charge is 0.463 e. The number of oxime groups is 1. The Balaban J connectivity index is 2.15. The van der Waals surface area contributed by atoms with Gasteiger partial charge in [0.2, 0.25) is 0 Å². The summed E-state index contributed by atoms with van der Waals surface area (Å²) in [6, 6.07) is 7.15. The Morgan fingerprint density at radius 3 is 2.95 bits per heavy atom. The quantitative estimate of drug-likeness (QED) is 0.336. The van der Waals surface area contributed by atoms with E-state index < -0.39 is 0 Å². The van der Waals surface area contributed by atoms with Gasteiger partial charge in [0, 0.05) is 17.8 Å². The van der Waals surface area contributed by atoms with Crippen molar-refractivity contribution < 1.29 is 14.4 Å². The molecule has 6 heteroatoms. The number of rotatable bonds is 5. The number of amidine groups is 1. The molecule has 0 aliphatic rings. The SMILES string of the molecule is CCC(CC(N)=NO)NC(=O)c1coc2ccccc12. The second kappa shape index (κ2) is 6.10. The molecule has 0 fully saturated rings. The van der Waals surface area contributed by atoms with Crippen molar-refractivity contribution in [2.75, 3.05) is 0 Å². The van der Waals surface area contributed by atoms with Crippen LogP contribution in [0.1, 0.15) is 30.1 Å². The van der Waals surface area contributed by atoms with Gasteiger partial charge in [-0.25, -0.2) is 0 Å². The average Bonchev–Trinajstić information content (AvgIpc) is 2.90. The second-order valence-corrected chi connectivity index (χ2v) is 4.52. The van der Waals surface area contributed by atoms with Gasteiger partial charge in [-0.05, 0) is 12.5 Å². The highest BCUT2D eigenvalue weighted by Crippen LogP contribution is 2.20. The maximum Gasteiger partial charge on any atom is 0.255 e. The number of para-hydroxylation sites is 1. The van der Waals surface area contributed by atoms with Crippen LogP contribution < -0.4 is 11.1 Å². The van der Waals surface area contributed by atoms with Gasteiger partial charge >= 0.3 is 0 Å². The van der Waals surface area contributed by atoms with E-state index in [2.05, 4.69) is 10.5 Å². The molecular weight excluding hydrogens is 258 g/mol. The predicted molar refractivity (Wildman–Crippen MR) is 75.8 cm³/mol. The summed E-state index contributed by atoms with van der Waals surface area (Å²) in [5.74, 6) is -0.137. The highest BCUT2D eigenvalue weighted by molar-refractivity contribution is 6.06. The van der Waals surface area contributed by atoms with Crippen LogP contribution in [0.25, 0.3) is 11.0 Å². The van der Waals surface area contributed by atoms with Crippen molar-refractivity contribution in [2.45, 2.75) is 25.8 Å². The lowest BCUT2D eigenvalue weighted by atomic mass is 10.1. The van der Waals surface area contributed by atoms with Crippen molar-refractivity contribution in [3.63, 3.8) is 0 Å². The minimum Gasteiger partial charge on any atom is -0.463 e. The molecule has 2 aromatic rings. The van der Waals surface area contributed by atoms with Gasteiger partial charge in [-0.2, -0.15) is 0 Å². The minimum atomic E-state index is -0.229. The third-order valence-electron chi connectivity index (χ3n) is 3.14. The van der Waals surface area contributed by atoms with E-state index in [9.17, 15) is 4.79 Å². The summed E-state index contributed by atoms with van der Waals surface area (Å²) in [4.78, 5) is 12.2. The first-order chi connectivity index (χ1) is 9.65. The van der Waals surface area contributed by atoms with Gasteiger partial charge in [-0.1, -0.05) is 30.3 Å². The molecule has 0 aliphatic heterocycles. The van der Waals surface area contributed by atoms with Crippen LogP contribution in [-0.4, -0.2) is 23.0 Å². The second-order valence-electron chi connectivity index (χ2n) is 4.52. The number of nitrogens with one attached hydrogen (secondary N) is 1. The van der Waals surface area contributed by atoms with Crippen LogP contribution in [0.3, 0.4) is 0 Å². The smallest absolute Gasteiger partial charge is 0.255 e. The van der Waals surface area contributed by atoms with Crippen molar-refractivity contribution in [1.82, 2.24) is 5.32 Å². The Morgan fingerprint density at radius 2 is 2.25 bits per heavy atom. The van der Waals surface area contributed by atoms with E-state index in [1.54, 1.807) is 6.07 Å². The first kappa shape index (κ1) is 13.9. The van der Waals surface area contributed by atoms with Gasteiger partial charge in [0.05, 0.1) is 5.56 Å². The van der Waals surface area contributed by atoms with E-state index in [-0.39, 0.29) is 17.8 Å². The molecule has 0 saturated heterocycles. The Kier molecular flexibility index (Phi) is 4.24. The predicted octanol–water partition coefficient (Wildman–Crippen LogP) is 2.08. The Morgan fingerprint density at radius 1 is 1.50 bits per heavy atom. The van der Waals surface area contributed by atoms with Gasteiger partial charge in [-0.3, -0.25) is 4.79 Å². The number of amides is 1. The monoisotopic (exact) mass is 275 g/mol. The van der Waals surface area contributed by atoms with E-state index in [1.807, 2.05) is 25.1 Å². The third kappa shape index (κ3) is 2.90. The van der Waals surface area contributed by atoms with Gasteiger partial charge in [0.1, 0.15) is 17.7 Å². The van der Waals surface area contributed by atoms with Crippen LogP contribution in [0.4, 0.5) is 0 Å². The molecule has 0 spiro atoms. The number of nitrogens with zero attached hydrogens (tertiary/aromatic N) is 1. The van der Waals surface area contributed by atoms with E-state index in [0.717, 1.165) is 5.39 Å². The normalized spacial score (nSPS) is 13.3. The first-order valence-electron chi connectivity index (χ1n) is 6.39. The van der Waals surface area contributed by atoms with Crippen LogP contribution in [0.15, 0.2) is 40.1 Å². The standard InChI is InChI=1S/C14H17N3O3/c1-2-9(7-13(15)17-19)16-14(18)11-8-20-12-6-4-3-5-10(11)12/h3-6,8-9,19H,2,7H2,1H3,(H2,15,17)(H,16,18). The number of nitrogens with two attached hydrogens (primary N) is 1. The maximum absolute atomic E-state index is 12.2. The molecule has 1 heterocycles. The Hall–Kier alpha value is -2.50. The Labute approximate surface area is 116 Å². The topological polar surface area (TPSA) is 101 Å². The van der Waals surface area contributed by atoms with Crippen molar-refractivity contribution in [3.8, 4) is 0 Å². The molecule has 0 bridgehead atoms. The van der Waals surface area contributed by atoms with Crippen molar-refractivity contribution >= 4 is 22.7 Å². The molecule has 1 unspecified atom stereocenters. The zero-order valence-corrected chi connectivity index (χ0v) is 11.2. The zero-order valence-electron chi connectivity index (χ0n) is 11.2. The summed E-state index contributed by atoms with van der Waals surface area (Å²) >= 11 is 0. The van der Waals surface area contributed by atoms with E-state index >= 15 is 0 Å². The van der Waals surface area contributed by atoms with Gasteiger partial charge in [-0.15, -0.1) is 0 Å². The summed E-state index contributed by atoms with van der Waals surface area (Å²) in [6.45, 7) is 1.92. The summed E-state index contributed by atoms with van der Waals surface area (Å²) in [5.41, 5.74) is 6.62. The third-order valence-corrected chi connectivity index (χ3v) is 3.14. The van der Waals surface area contributed by atoms with Crippen molar-refractivity contribution in [3.05, 3.63) is 36.1 Å². The first-order valence-corrected chi connectivity index (χ1v) is 6.39. The fourth-order valence-electron chi connectivity index (χ4n) is 2.01. The van der Waals surface area contributed by atoms with Crippen molar-refractivity contribution in [2.24, 2.45) is 10.9 Å². The molecule has 20 heavy (non-hydrogen) atoms. The molecule has 0 radical (unpaired) electrons. The molecule has 0 aliphatic carbocycles. The summed E-state index contributed by atoms with van der Waals surface area (Å²) in [6.07, 6.45) is 2.42. The molecule has 4 N–H and O–H groups in total. The number of carbonyl (C=O) groups is 1. The van der Waals surface area contributed by atoms with Gasteiger partial charge < -0.3 is 20.7 Å². The molecule has 1 atom stereocenters. The lowest BCUT2D eigenvalue weighted by Crippen LogP contribution is -2.37. The van der Waals surface area contributed by atoms with Crippen LogP contribution in [-0.2, 0) is 0 Å². The number of hydrogen-bond acceptors (Lipinski definition) is 4. The molecule has 1 aromatic carbocycles. The number of furan rings is 1. The van der Waals surface area contributed by atoms with Gasteiger partial charge in [0.25, 0.3) is 5.91 Å². The van der Waals surface area contributed by atoms with E-state index in [4.69, 9.17) is 15.4 Å². The lowest BCUT2D eigenvalue weighted by Gasteiger charge is -2.15. The minimum absolute atomic E-state index is 0.0919. The molecule has 0 saturated carbocycles. The zero-order chi connectivity index (χ0) is 14.5. The molecule has 106 valence electrons. The highest BCUT2D eigenvalue weighted by Gasteiger charge is 2.17. The lowest BCUT2D eigenvalue weighted by molar-refractivity contribution is 0.0937. The molecular formula is C14H17N3O3. The van der Waals surface area contributed by atoms with E-state index in [0.29, 0.717) is 24.0 Å². The molecule has 1 amide bonds. The number of hydrogen-bond donors (Lipinski definition) is 3. The maximum atomic E-state index is 12.2. The van der Waals surface area contributed by atoms with Crippen LogP contribution >= 0.6 is 0 Å². The fourth-order valence-corrected chi connectivity index (χ4v) is 2.01. The fraction of sp³-hybridized carbons (Fsp3) is 0.286. The number of fused-ring (bicyclic) bond motifs is 1. The number of carbonyl (C=O) groups excluding carboxylic acids is 1. The van der Waals surface area contributed by atoms with Gasteiger partial charge in [0.15, 0.2) is 0 Å². The van der Waals surface area contributed by atoms with Crippen LogP contribution in [0, 0.1) is 0 Å². The molecule has 2 rings (SSSR count). The average molecular weight is 275 g/mol. The van der Waals surface area contributed by atoms with Crippen molar-refractivity contribution in [1.29, 1.82) is 0 Å². The van der Waals surface area contributed by atoms with Crippen LogP contribution in [0.5, 0.6) is 0 Å². The summed E-state index contributed by atoms with van der Waals surface area (Å²) in [5, 5.41) is 15.1. The summed E-state index contributed by atoms with van der Waals surface area (Å²) < 4.78 is 5.34. The number of benzene rings is 1. The van der Waals surface area contributed by atoms with E-state index in [1.165, 1.54) is 6.26 Å². The molecule has 1 aromatic heterocycles. The molecule has 6 nitrogen and oxygen atoms in total. The summed E-state index contributed by atoms with van der Waals surface area (Å²) in [7, 11) is 0. The Bertz CT molecular complexity index is 633.